The van der Waals surface area contributed by atoms with Gasteiger partial charge in [0.2, 0.25) is 0 Å². The van der Waals surface area contributed by atoms with Gasteiger partial charge in [0.1, 0.15) is 0 Å². The van der Waals surface area contributed by atoms with E-state index in [-0.39, 0.29) is 11.6 Å². The molecular weight excluding hydrogens is 368 g/mol. The number of benzene rings is 2. The van der Waals surface area contributed by atoms with Crippen LogP contribution in [0.15, 0.2) is 42.7 Å². The number of carbonyl (C=O) groups excluding carboxylic acids is 1. The lowest BCUT2D eigenvalue weighted by molar-refractivity contribution is -0.384. The molecule has 1 amide bonds. The van der Waals surface area contributed by atoms with Crippen molar-refractivity contribution in [2.45, 2.75) is 33.2 Å². The zero-order valence-corrected chi connectivity index (χ0v) is 16.7. The van der Waals surface area contributed by atoms with Gasteiger partial charge in [0.25, 0.3) is 11.6 Å². The van der Waals surface area contributed by atoms with Gasteiger partial charge in [-0.25, -0.2) is 4.98 Å². The fraction of sp³-hybridized carbons (Fsp3) is 0.364. The number of imidazole rings is 1. The number of non-ortho nitro benzene ring substituents is 1. The highest BCUT2D eigenvalue weighted by molar-refractivity contribution is 5.94. The molecule has 0 N–H and O–H groups in total. The average molecular weight is 392 g/mol. The Morgan fingerprint density at radius 1 is 1.14 bits per heavy atom. The predicted octanol–water partition coefficient (Wildman–Crippen LogP) is 4.11. The molecule has 0 bridgehead atoms. The van der Waals surface area contributed by atoms with Gasteiger partial charge in [0.15, 0.2) is 0 Å². The fourth-order valence-electron chi connectivity index (χ4n) is 3.96. The summed E-state index contributed by atoms with van der Waals surface area (Å²) >= 11 is 0. The number of nitro groups is 1. The second-order valence-electron chi connectivity index (χ2n) is 7.86. The minimum Gasteiger partial charge on any atom is -0.339 e. The van der Waals surface area contributed by atoms with Crippen LogP contribution >= 0.6 is 0 Å². The number of aromatic nitrogens is 2. The van der Waals surface area contributed by atoms with Crippen LogP contribution in [-0.2, 0) is 6.54 Å². The third-order valence-electron chi connectivity index (χ3n) is 5.92. The Balaban J connectivity index is 1.39. The molecule has 2 heterocycles. The number of hydrogen-bond donors (Lipinski definition) is 0. The van der Waals surface area contributed by atoms with Crippen LogP contribution in [0, 0.1) is 29.9 Å². The number of nitro benzene ring substituents is 1. The zero-order valence-electron chi connectivity index (χ0n) is 16.7. The van der Waals surface area contributed by atoms with Gasteiger partial charge in [-0.1, -0.05) is 0 Å². The Bertz CT molecular complexity index is 1060. The maximum absolute atomic E-state index is 12.7. The molecule has 0 spiro atoms. The normalized spacial score (nSPS) is 15.0. The summed E-state index contributed by atoms with van der Waals surface area (Å²) in [6, 6.07) is 10.2. The summed E-state index contributed by atoms with van der Waals surface area (Å²) in [6.07, 6.45) is 3.78. The minimum absolute atomic E-state index is 0.00162. The number of rotatable bonds is 4. The first-order valence-electron chi connectivity index (χ1n) is 9.88. The third kappa shape index (κ3) is 3.85. The summed E-state index contributed by atoms with van der Waals surface area (Å²) < 4.78 is 2.22. The molecule has 1 aliphatic heterocycles. The van der Waals surface area contributed by atoms with Crippen molar-refractivity contribution in [3.05, 3.63) is 69.5 Å². The number of fused-ring (bicyclic) bond motifs is 1. The summed E-state index contributed by atoms with van der Waals surface area (Å²) in [5, 5.41) is 10.8. The Morgan fingerprint density at radius 3 is 2.45 bits per heavy atom. The molecule has 1 aliphatic rings. The molecule has 0 radical (unpaired) electrons. The average Bonchev–Trinajstić information content (AvgIpc) is 3.10. The van der Waals surface area contributed by atoms with Crippen LogP contribution in [0.3, 0.4) is 0 Å². The molecule has 1 aromatic heterocycles. The molecule has 0 saturated carbocycles. The van der Waals surface area contributed by atoms with E-state index in [2.05, 4.69) is 35.5 Å². The SMILES string of the molecule is Cc1cc2ncn(CC3CCN(C(=O)c4ccc([N+](=O)[O-])cc4)CC3)c2cc1C. The first-order valence-corrected chi connectivity index (χ1v) is 9.88. The minimum atomic E-state index is -0.456. The van der Waals surface area contributed by atoms with E-state index in [0.717, 1.165) is 30.4 Å². The molecule has 1 saturated heterocycles. The van der Waals surface area contributed by atoms with Crippen LogP contribution in [0.5, 0.6) is 0 Å². The number of piperidine rings is 1. The Kier molecular flexibility index (Phi) is 5.05. The van der Waals surface area contributed by atoms with Gasteiger partial charge in [-0.2, -0.15) is 0 Å². The van der Waals surface area contributed by atoms with E-state index < -0.39 is 4.92 Å². The topological polar surface area (TPSA) is 81.3 Å². The van der Waals surface area contributed by atoms with E-state index in [1.54, 1.807) is 0 Å². The molecule has 7 nitrogen and oxygen atoms in total. The summed E-state index contributed by atoms with van der Waals surface area (Å²) in [6.45, 7) is 6.52. The highest BCUT2D eigenvalue weighted by atomic mass is 16.6. The first-order chi connectivity index (χ1) is 13.9. The van der Waals surface area contributed by atoms with Gasteiger partial charge in [0.05, 0.1) is 22.3 Å². The molecule has 0 atom stereocenters. The lowest BCUT2D eigenvalue weighted by atomic mass is 9.96. The first kappa shape index (κ1) is 19.1. The van der Waals surface area contributed by atoms with Crippen LogP contribution in [0.1, 0.15) is 34.3 Å². The van der Waals surface area contributed by atoms with E-state index in [1.807, 2.05) is 11.2 Å². The van der Waals surface area contributed by atoms with Gasteiger partial charge in [-0.15, -0.1) is 0 Å². The summed E-state index contributed by atoms with van der Waals surface area (Å²) in [7, 11) is 0. The smallest absolute Gasteiger partial charge is 0.269 e. The molecule has 7 heteroatoms. The molecule has 29 heavy (non-hydrogen) atoms. The van der Waals surface area contributed by atoms with Crippen LogP contribution in [0.2, 0.25) is 0 Å². The molecular formula is C22H24N4O3. The van der Waals surface area contributed by atoms with Crippen molar-refractivity contribution in [1.29, 1.82) is 0 Å². The second-order valence-corrected chi connectivity index (χ2v) is 7.86. The maximum atomic E-state index is 12.7. The summed E-state index contributed by atoms with van der Waals surface area (Å²) in [5.74, 6) is 0.437. The van der Waals surface area contributed by atoms with Crippen molar-refractivity contribution < 1.29 is 9.72 Å². The fourth-order valence-corrected chi connectivity index (χ4v) is 3.96. The van der Waals surface area contributed by atoms with Crippen LogP contribution in [-0.4, -0.2) is 38.4 Å². The van der Waals surface area contributed by atoms with Gasteiger partial charge < -0.3 is 9.47 Å². The molecule has 4 rings (SSSR count). The van der Waals surface area contributed by atoms with Crippen LogP contribution in [0.4, 0.5) is 5.69 Å². The van der Waals surface area contributed by atoms with Crippen LogP contribution < -0.4 is 0 Å². The van der Waals surface area contributed by atoms with E-state index >= 15 is 0 Å². The Hall–Kier alpha value is -3.22. The number of amides is 1. The summed E-state index contributed by atoms with van der Waals surface area (Å²) in [5.41, 5.74) is 5.21. The highest BCUT2D eigenvalue weighted by Crippen LogP contribution is 2.24. The largest absolute Gasteiger partial charge is 0.339 e. The number of carbonyl (C=O) groups is 1. The van der Waals surface area contributed by atoms with Gasteiger partial charge in [0, 0.05) is 37.3 Å². The van der Waals surface area contributed by atoms with Crippen LogP contribution in [0.25, 0.3) is 11.0 Å². The molecule has 1 fully saturated rings. The van der Waals surface area contributed by atoms with E-state index in [9.17, 15) is 14.9 Å². The van der Waals surface area contributed by atoms with Crippen molar-refractivity contribution in [2.24, 2.45) is 5.92 Å². The highest BCUT2D eigenvalue weighted by Gasteiger charge is 2.24. The summed E-state index contributed by atoms with van der Waals surface area (Å²) in [4.78, 5) is 29.4. The Labute approximate surface area is 169 Å². The molecule has 3 aromatic rings. The molecule has 0 unspecified atom stereocenters. The molecule has 150 valence electrons. The van der Waals surface area contributed by atoms with Crippen molar-refractivity contribution >= 4 is 22.6 Å². The van der Waals surface area contributed by atoms with E-state index in [1.165, 1.54) is 35.4 Å². The van der Waals surface area contributed by atoms with Gasteiger partial charge in [-0.05, 0) is 68.0 Å². The lowest BCUT2D eigenvalue weighted by Crippen LogP contribution is -2.39. The molecule has 0 aliphatic carbocycles. The standard InChI is InChI=1S/C22H24N4O3/c1-15-11-20-21(12-16(15)2)25(14-23-20)13-17-7-9-24(10-8-17)22(27)18-3-5-19(6-4-18)26(28)29/h3-6,11-12,14,17H,7-10,13H2,1-2H3. The Morgan fingerprint density at radius 2 is 1.79 bits per heavy atom. The zero-order chi connectivity index (χ0) is 20.5. The van der Waals surface area contributed by atoms with E-state index in [0.29, 0.717) is 24.6 Å². The second kappa shape index (κ2) is 7.66. The number of likely N-dealkylation sites (tertiary alicyclic amines) is 1. The van der Waals surface area contributed by atoms with Gasteiger partial charge in [-0.3, -0.25) is 14.9 Å². The van der Waals surface area contributed by atoms with Gasteiger partial charge >= 0.3 is 0 Å². The van der Waals surface area contributed by atoms with E-state index in [4.69, 9.17) is 0 Å². The number of aryl methyl sites for hydroxylation is 2. The predicted molar refractivity (Wildman–Crippen MR) is 111 cm³/mol. The monoisotopic (exact) mass is 392 g/mol. The van der Waals surface area contributed by atoms with Crippen molar-refractivity contribution in [3.63, 3.8) is 0 Å². The number of nitrogens with zero attached hydrogens (tertiary/aromatic N) is 4. The maximum Gasteiger partial charge on any atom is 0.269 e. The van der Waals surface area contributed by atoms with Crippen molar-refractivity contribution in [3.8, 4) is 0 Å². The van der Waals surface area contributed by atoms with Crippen molar-refractivity contribution in [2.75, 3.05) is 13.1 Å². The number of hydrogen-bond acceptors (Lipinski definition) is 4. The third-order valence-corrected chi connectivity index (χ3v) is 5.92. The van der Waals surface area contributed by atoms with Crippen molar-refractivity contribution in [1.82, 2.24) is 14.5 Å². The quantitative estimate of drug-likeness (QED) is 0.494. The lowest BCUT2D eigenvalue weighted by Gasteiger charge is -2.32. The molecule has 2 aromatic carbocycles.